The summed E-state index contributed by atoms with van der Waals surface area (Å²) in [4.78, 5) is 2.57. The summed E-state index contributed by atoms with van der Waals surface area (Å²) < 4.78 is 0. The standard InChI is InChI=1S/C17H20N2OS/c1-4-19(16-10-14(20)7-5-11(16)2)13-6-8-15(17(18)21)12(3)9-13/h5-10,20H,4H2,1-3H3,(H2,18,21). The van der Waals surface area contributed by atoms with Gasteiger partial charge >= 0.3 is 0 Å². The fraction of sp³-hybridized carbons (Fsp3) is 0.235. The highest BCUT2D eigenvalue weighted by atomic mass is 32.1. The van der Waals surface area contributed by atoms with E-state index < -0.39 is 0 Å². The number of hydrogen-bond donors (Lipinski definition) is 2. The molecule has 4 heteroatoms. The van der Waals surface area contributed by atoms with Crippen LogP contribution in [0.25, 0.3) is 0 Å². The van der Waals surface area contributed by atoms with E-state index in [1.807, 2.05) is 32.0 Å². The van der Waals surface area contributed by atoms with Crippen LogP contribution in [0, 0.1) is 13.8 Å². The Kier molecular flexibility index (Phi) is 4.48. The zero-order chi connectivity index (χ0) is 15.6. The van der Waals surface area contributed by atoms with Gasteiger partial charge in [0.2, 0.25) is 0 Å². The SMILES string of the molecule is CCN(c1ccc(C(N)=S)c(C)c1)c1cc(O)ccc1C. The topological polar surface area (TPSA) is 49.5 Å². The maximum absolute atomic E-state index is 9.74. The Bertz CT molecular complexity index is 682. The molecule has 0 aromatic heterocycles. The Morgan fingerprint density at radius 2 is 1.86 bits per heavy atom. The molecule has 21 heavy (non-hydrogen) atoms. The second-order valence-corrected chi connectivity index (χ2v) is 5.52. The van der Waals surface area contributed by atoms with E-state index in [2.05, 4.69) is 17.9 Å². The molecule has 0 aliphatic carbocycles. The zero-order valence-corrected chi connectivity index (χ0v) is 13.4. The van der Waals surface area contributed by atoms with Gasteiger partial charge in [0, 0.05) is 29.5 Å². The van der Waals surface area contributed by atoms with Gasteiger partial charge in [0.05, 0.1) is 0 Å². The lowest BCUT2D eigenvalue weighted by molar-refractivity contribution is 0.475. The molecule has 0 bridgehead atoms. The minimum atomic E-state index is 0.269. The van der Waals surface area contributed by atoms with Crippen LogP contribution in [0.4, 0.5) is 11.4 Å². The number of aryl methyl sites for hydroxylation is 2. The van der Waals surface area contributed by atoms with Crippen LogP contribution < -0.4 is 10.6 Å². The van der Waals surface area contributed by atoms with Crippen molar-refractivity contribution in [1.29, 1.82) is 0 Å². The van der Waals surface area contributed by atoms with Gasteiger partial charge in [0.25, 0.3) is 0 Å². The molecule has 0 spiro atoms. The molecule has 2 aromatic carbocycles. The normalized spacial score (nSPS) is 10.4. The van der Waals surface area contributed by atoms with Crippen molar-refractivity contribution in [3.05, 3.63) is 53.1 Å². The Morgan fingerprint density at radius 1 is 1.14 bits per heavy atom. The molecule has 2 rings (SSSR count). The Labute approximate surface area is 131 Å². The summed E-state index contributed by atoms with van der Waals surface area (Å²) >= 11 is 5.05. The van der Waals surface area contributed by atoms with Crippen molar-refractivity contribution in [1.82, 2.24) is 0 Å². The number of benzene rings is 2. The highest BCUT2D eigenvalue weighted by Crippen LogP contribution is 2.32. The van der Waals surface area contributed by atoms with E-state index in [0.29, 0.717) is 4.99 Å². The van der Waals surface area contributed by atoms with E-state index >= 15 is 0 Å². The maximum Gasteiger partial charge on any atom is 0.117 e. The molecule has 0 amide bonds. The van der Waals surface area contributed by atoms with Gasteiger partial charge < -0.3 is 15.7 Å². The lowest BCUT2D eigenvalue weighted by Gasteiger charge is -2.26. The highest BCUT2D eigenvalue weighted by molar-refractivity contribution is 7.80. The van der Waals surface area contributed by atoms with E-state index in [0.717, 1.165) is 34.6 Å². The molecule has 110 valence electrons. The highest BCUT2D eigenvalue weighted by Gasteiger charge is 2.12. The van der Waals surface area contributed by atoms with E-state index in [1.54, 1.807) is 12.1 Å². The first-order chi connectivity index (χ1) is 9.93. The average molecular weight is 300 g/mol. The molecule has 0 atom stereocenters. The number of hydrogen-bond acceptors (Lipinski definition) is 3. The molecule has 2 aromatic rings. The molecule has 0 saturated heterocycles. The van der Waals surface area contributed by atoms with Gasteiger partial charge in [-0.1, -0.05) is 18.3 Å². The first-order valence-corrected chi connectivity index (χ1v) is 7.32. The van der Waals surface area contributed by atoms with Crippen LogP contribution in [0.3, 0.4) is 0 Å². The van der Waals surface area contributed by atoms with Crippen molar-refractivity contribution >= 4 is 28.6 Å². The molecule has 3 N–H and O–H groups in total. The van der Waals surface area contributed by atoms with Crippen molar-refractivity contribution < 1.29 is 5.11 Å². The number of nitrogens with two attached hydrogens (primary N) is 1. The fourth-order valence-electron chi connectivity index (χ4n) is 2.47. The van der Waals surface area contributed by atoms with Gasteiger partial charge in [-0.25, -0.2) is 0 Å². The summed E-state index contributed by atoms with van der Waals surface area (Å²) in [6, 6.07) is 11.4. The summed E-state index contributed by atoms with van der Waals surface area (Å²) in [6.07, 6.45) is 0. The third-order valence-corrected chi connectivity index (χ3v) is 3.81. The van der Waals surface area contributed by atoms with Crippen molar-refractivity contribution in [3.8, 4) is 5.75 Å². The molecule has 0 radical (unpaired) electrons. The molecule has 0 unspecified atom stereocenters. The van der Waals surface area contributed by atoms with Crippen molar-refractivity contribution in [3.63, 3.8) is 0 Å². The monoisotopic (exact) mass is 300 g/mol. The number of phenols is 1. The van der Waals surface area contributed by atoms with E-state index in [1.165, 1.54) is 0 Å². The first kappa shape index (κ1) is 15.3. The third-order valence-electron chi connectivity index (χ3n) is 3.59. The van der Waals surface area contributed by atoms with Crippen LogP contribution in [0.1, 0.15) is 23.6 Å². The Hall–Kier alpha value is -2.07. The average Bonchev–Trinajstić information content (AvgIpc) is 2.43. The number of anilines is 2. The quantitative estimate of drug-likeness (QED) is 0.843. The Balaban J connectivity index is 2.49. The molecule has 3 nitrogen and oxygen atoms in total. The second-order valence-electron chi connectivity index (χ2n) is 5.08. The van der Waals surface area contributed by atoms with Crippen molar-refractivity contribution in [2.75, 3.05) is 11.4 Å². The molecule has 0 aliphatic heterocycles. The summed E-state index contributed by atoms with van der Waals surface area (Å²) in [6.45, 7) is 6.92. The smallest absolute Gasteiger partial charge is 0.117 e. The number of thiocarbonyl (C=S) groups is 1. The summed E-state index contributed by atoms with van der Waals surface area (Å²) in [5.41, 5.74) is 10.8. The number of rotatable bonds is 4. The summed E-state index contributed by atoms with van der Waals surface area (Å²) in [5, 5.41) is 9.74. The minimum Gasteiger partial charge on any atom is -0.508 e. The van der Waals surface area contributed by atoms with Crippen LogP contribution in [0.2, 0.25) is 0 Å². The molecule has 0 saturated carbocycles. The van der Waals surface area contributed by atoms with Crippen LogP contribution in [-0.4, -0.2) is 16.6 Å². The van der Waals surface area contributed by atoms with Gasteiger partial charge in [0.15, 0.2) is 0 Å². The van der Waals surface area contributed by atoms with Crippen molar-refractivity contribution in [2.45, 2.75) is 20.8 Å². The van der Waals surface area contributed by atoms with Gasteiger partial charge in [-0.2, -0.15) is 0 Å². The van der Waals surface area contributed by atoms with E-state index in [-0.39, 0.29) is 5.75 Å². The van der Waals surface area contributed by atoms with Crippen LogP contribution in [0.15, 0.2) is 36.4 Å². The van der Waals surface area contributed by atoms with Gasteiger partial charge in [0.1, 0.15) is 10.7 Å². The van der Waals surface area contributed by atoms with Crippen LogP contribution >= 0.6 is 12.2 Å². The molecule has 0 heterocycles. The molecular weight excluding hydrogens is 280 g/mol. The van der Waals surface area contributed by atoms with Gasteiger partial charge in [-0.15, -0.1) is 0 Å². The fourth-order valence-corrected chi connectivity index (χ4v) is 2.70. The molecule has 0 fully saturated rings. The Morgan fingerprint density at radius 3 is 2.43 bits per heavy atom. The van der Waals surface area contributed by atoms with E-state index in [4.69, 9.17) is 18.0 Å². The van der Waals surface area contributed by atoms with Crippen molar-refractivity contribution in [2.24, 2.45) is 5.73 Å². The first-order valence-electron chi connectivity index (χ1n) is 6.91. The maximum atomic E-state index is 9.74. The van der Waals surface area contributed by atoms with E-state index in [9.17, 15) is 5.11 Å². The van der Waals surface area contributed by atoms with Crippen LogP contribution in [0.5, 0.6) is 5.75 Å². The lowest BCUT2D eigenvalue weighted by Crippen LogP contribution is -2.18. The summed E-state index contributed by atoms with van der Waals surface area (Å²) in [7, 11) is 0. The van der Waals surface area contributed by atoms with Gasteiger partial charge in [-0.3, -0.25) is 0 Å². The molecular formula is C17H20N2OS. The number of nitrogens with zero attached hydrogens (tertiary/aromatic N) is 1. The zero-order valence-electron chi connectivity index (χ0n) is 12.6. The summed E-state index contributed by atoms with van der Waals surface area (Å²) in [5.74, 6) is 0.269. The van der Waals surface area contributed by atoms with Crippen LogP contribution in [-0.2, 0) is 0 Å². The second kappa shape index (κ2) is 6.14. The largest absolute Gasteiger partial charge is 0.508 e. The lowest BCUT2D eigenvalue weighted by atomic mass is 10.1. The predicted molar refractivity (Wildman–Crippen MR) is 92.6 cm³/mol. The third kappa shape index (κ3) is 3.16. The minimum absolute atomic E-state index is 0.269. The molecule has 0 aliphatic rings. The number of aromatic hydroxyl groups is 1. The van der Waals surface area contributed by atoms with Gasteiger partial charge in [-0.05, 0) is 56.2 Å². The predicted octanol–water partition coefficient (Wildman–Crippen LogP) is 3.80. The number of phenolic OH excluding ortho intramolecular Hbond substituents is 1.